The molecule has 1 aromatic rings. The van der Waals surface area contributed by atoms with Crippen molar-refractivity contribution in [3.8, 4) is 0 Å². The van der Waals surface area contributed by atoms with Crippen LogP contribution in [0.15, 0.2) is 10.3 Å². The Bertz CT molecular complexity index is 594. The van der Waals surface area contributed by atoms with E-state index in [0.717, 1.165) is 17.4 Å². The lowest BCUT2D eigenvalue weighted by Gasteiger charge is -2.24. The van der Waals surface area contributed by atoms with E-state index in [1.54, 1.807) is 13.8 Å². The summed E-state index contributed by atoms with van der Waals surface area (Å²) in [6.07, 6.45) is 0. The standard InChI is InChI=1S/C10H17N3O5S2/c1-10(2,6-18-4)12-20(16,17)8-5-7(13(14)15)9(11-3)19-8/h5,11-12H,6H2,1-4H3. The average Bonchev–Trinajstić information content (AvgIpc) is 2.71. The van der Waals surface area contributed by atoms with Crippen molar-refractivity contribution >= 4 is 32.0 Å². The van der Waals surface area contributed by atoms with Gasteiger partial charge in [0, 0.05) is 20.2 Å². The van der Waals surface area contributed by atoms with Gasteiger partial charge in [-0.25, -0.2) is 13.1 Å². The highest BCUT2D eigenvalue weighted by atomic mass is 32.2. The topological polar surface area (TPSA) is 111 Å². The number of hydrogen-bond acceptors (Lipinski definition) is 7. The van der Waals surface area contributed by atoms with Crippen LogP contribution < -0.4 is 10.0 Å². The molecule has 0 unspecified atom stereocenters. The predicted octanol–water partition coefficient (Wildman–Crippen LogP) is 1.40. The number of methoxy groups -OCH3 is 1. The molecule has 0 aliphatic heterocycles. The van der Waals surface area contributed by atoms with Crippen molar-refractivity contribution in [2.24, 2.45) is 0 Å². The van der Waals surface area contributed by atoms with Gasteiger partial charge in [0.1, 0.15) is 4.21 Å². The Morgan fingerprint density at radius 2 is 2.10 bits per heavy atom. The first kappa shape index (κ1) is 16.8. The van der Waals surface area contributed by atoms with Gasteiger partial charge in [0.2, 0.25) is 0 Å². The first-order valence-electron chi connectivity index (χ1n) is 5.62. The molecule has 2 N–H and O–H groups in total. The van der Waals surface area contributed by atoms with Crippen molar-refractivity contribution in [3.05, 3.63) is 16.2 Å². The van der Waals surface area contributed by atoms with Crippen LogP contribution in [-0.4, -0.2) is 39.6 Å². The first-order valence-corrected chi connectivity index (χ1v) is 7.92. The van der Waals surface area contributed by atoms with Crippen molar-refractivity contribution < 1.29 is 18.1 Å². The van der Waals surface area contributed by atoms with Crippen LogP contribution in [0.1, 0.15) is 13.8 Å². The highest BCUT2D eigenvalue weighted by molar-refractivity contribution is 7.91. The summed E-state index contributed by atoms with van der Waals surface area (Å²) in [5.74, 6) is 0. The van der Waals surface area contributed by atoms with Gasteiger partial charge in [0.15, 0.2) is 5.00 Å². The average molecular weight is 323 g/mol. The highest BCUT2D eigenvalue weighted by Gasteiger charge is 2.30. The summed E-state index contributed by atoms with van der Waals surface area (Å²) in [5, 5.41) is 13.7. The highest BCUT2D eigenvalue weighted by Crippen LogP contribution is 2.36. The normalized spacial score (nSPS) is 12.4. The maximum Gasteiger partial charge on any atom is 0.304 e. The quantitative estimate of drug-likeness (QED) is 0.579. The lowest BCUT2D eigenvalue weighted by molar-refractivity contribution is -0.383. The molecule has 0 fully saturated rings. The van der Waals surface area contributed by atoms with Gasteiger partial charge in [-0.3, -0.25) is 10.1 Å². The number of nitrogens with zero attached hydrogens (tertiary/aromatic N) is 1. The Morgan fingerprint density at radius 1 is 1.50 bits per heavy atom. The third-order valence-electron chi connectivity index (χ3n) is 2.29. The number of nitrogens with one attached hydrogen (secondary N) is 2. The second-order valence-electron chi connectivity index (χ2n) is 4.71. The summed E-state index contributed by atoms with van der Waals surface area (Å²) in [4.78, 5) is 10.2. The molecular weight excluding hydrogens is 306 g/mol. The van der Waals surface area contributed by atoms with Crippen molar-refractivity contribution in [3.63, 3.8) is 0 Å². The summed E-state index contributed by atoms with van der Waals surface area (Å²) in [6.45, 7) is 3.50. The van der Waals surface area contributed by atoms with Crippen LogP contribution in [0.2, 0.25) is 0 Å². The van der Waals surface area contributed by atoms with E-state index in [9.17, 15) is 18.5 Å². The summed E-state index contributed by atoms with van der Waals surface area (Å²) < 4.78 is 31.7. The zero-order chi connectivity index (χ0) is 15.6. The van der Waals surface area contributed by atoms with Crippen molar-refractivity contribution in [1.82, 2.24) is 4.72 Å². The van der Waals surface area contributed by atoms with E-state index in [4.69, 9.17) is 4.74 Å². The van der Waals surface area contributed by atoms with Gasteiger partial charge in [-0.15, -0.1) is 0 Å². The Hall–Kier alpha value is -1.23. The van der Waals surface area contributed by atoms with Crippen LogP contribution in [0.4, 0.5) is 10.7 Å². The molecule has 8 nitrogen and oxygen atoms in total. The van der Waals surface area contributed by atoms with Crippen LogP contribution in [0.5, 0.6) is 0 Å². The lowest BCUT2D eigenvalue weighted by atomic mass is 10.1. The molecule has 20 heavy (non-hydrogen) atoms. The molecule has 0 aliphatic carbocycles. The van der Waals surface area contributed by atoms with Crippen LogP contribution in [0, 0.1) is 10.1 Å². The van der Waals surface area contributed by atoms with Crippen LogP contribution >= 0.6 is 11.3 Å². The number of sulfonamides is 1. The molecule has 0 saturated heterocycles. The largest absolute Gasteiger partial charge is 0.383 e. The molecule has 0 spiro atoms. The molecule has 114 valence electrons. The van der Waals surface area contributed by atoms with Gasteiger partial charge in [0.25, 0.3) is 10.0 Å². The van der Waals surface area contributed by atoms with Gasteiger partial charge in [-0.2, -0.15) is 0 Å². The molecule has 0 atom stereocenters. The number of nitro groups is 1. The maximum atomic E-state index is 12.2. The summed E-state index contributed by atoms with van der Waals surface area (Å²) >= 11 is 0.809. The van der Waals surface area contributed by atoms with E-state index in [0.29, 0.717) is 0 Å². The minimum Gasteiger partial charge on any atom is -0.383 e. The van der Waals surface area contributed by atoms with E-state index in [-0.39, 0.29) is 21.5 Å². The number of rotatable bonds is 7. The van der Waals surface area contributed by atoms with E-state index >= 15 is 0 Å². The van der Waals surface area contributed by atoms with Crippen LogP contribution in [-0.2, 0) is 14.8 Å². The number of ether oxygens (including phenoxy) is 1. The van der Waals surface area contributed by atoms with E-state index in [2.05, 4.69) is 10.0 Å². The fourth-order valence-corrected chi connectivity index (χ4v) is 4.29. The molecule has 10 heteroatoms. The molecule has 0 radical (unpaired) electrons. The van der Waals surface area contributed by atoms with E-state index < -0.39 is 20.5 Å². The van der Waals surface area contributed by atoms with Crippen LogP contribution in [0.3, 0.4) is 0 Å². The molecular formula is C10H17N3O5S2. The molecule has 1 aromatic heterocycles. The SMILES string of the molecule is CNc1sc(S(=O)(=O)NC(C)(C)COC)cc1[N+](=O)[O-]. The monoisotopic (exact) mass is 323 g/mol. The Morgan fingerprint density at radius 3 is 2.50 bits per heavy atom. The zero-order valence-corrected chi connectivity index (χ0v) is 13.2. The molecule has 0 amide bonds. The zero-order valence-electron chi connectivity index (χ0n) is 11.6. The first-order chi connectivity index (χ1) is 9.13. The fourth-order valence-electron chi connectivity index (χ4n) is 1.61. The number of thiophene rings is 1. The maximum absolute atomic E-state index is 12.2. The lowest BCUT2D eigenvalue weighted by Crippen LogP contribution is -2.46. The molecule has 0 aliphatic rings. The van der Waals surface area contributed by atoms with E-state index in [1.165, 1.54) is 14.2 Å². The third-order valence-corrected chi connectivity index (χ3v) is 5.61. The molecule has 0 saturated carbocycles. The summed E-state index contributed by atoms with van der Waals surface area (Å²) in [5.41, 5.74) is -1.07. The molecule has 0 bridgehead atoms. The van der Waals surface area contributed by atoms with Crippen molar-refractivity contribution in [1.29, 1.82) is 0 Å². The summed E-state index contributed by atoms with van der Waals surface area (Å²) in [7, 11) is -0.880. The molecule has 1 heterocycles. The van der Waals surface area contributed by atoms with Gasteiger partial charge in [-0.05, 0) is 13.8 Å². The second-order valence-corrected chi connectivity index (χ2v) is 7.67. The minimum absolute atomic E-state index is 0.113. The number of anilines is 1. The minimum atomic E-state index is -3.84. The Balaban J connectivity index is 3.13. The fraction of sp³-hybridized carbons (Fsp3) is 0.600. The van der Waals surface area contributed by atoms with Gasteiger partial charge in [0.05, 0.1) is 17.1 Å². The van der Waals surface area contributed by atoms with Gasteiger partial charge >= 0.3 is 5.69 Å². The van der Waals surface area contributed by atoms with Gasteiger partial charge in [-0.1, -0.05) is 11.3 Å². The van der Waals surface area contributed by atoms with Crippen LogP contribution in [0.25, 0.3) is 0 Å². The molecule has 1 rings (SSSR count). The number of hydrogen-bond donors (Lipinski definition) is 2. The van der Waals surface area contributed by atoms with E-state index in [1.807, 2.05) is 0 Å². The smallest absolute Gasteiger partial charge is 0.304 e. The molecule has 0 aromatic carbocycles. The Labute approximate surface area is 121 Å². The van der Waals surface area contributed by atoms with Gasteiger partial charge < -0.3 is 10.1 Å². The summed E-state index contributed by atoms with van der Waals surface area (Å²) in [6, 6.07) is 1.04. The predicted molar refractivity (Wildman–Crippen MR) is 76.8 cm³/mol. The Kier molecular flexibility index (Phi) is 5.08. The second kappa shape index (κ2) is 6.04. The van der Waals surface area contributed by atoms with Crippen molar-refractivity contribution in [2.75, 3.05) is 26.1 Å². The van der Waals surface area contributed by atoms with Crippen molar-refractivity contribution in [2.45, 2.75) is 23.6 Å². The third kappa shape index (κ3) is 3.88.